The van der Waals surface area contributed by atoms with E-state index in [0.29, 0.717) is 17.2 Å². The zero-order chi connectivity index (χ0) is 19.9. The van der Waals surface area contributed by atoms with Gasteiger partial charge >= 0.3 is 0 Å². The van der Waals surface area contributed by atoms with Crippen molar-refractivity contribution in [3.63, 3.8) is 0 Å². The molecule has 0 amide bonds. The molecular formula is C21H26ClN3O3. The Morgan fingerprint density at radius 3 is 2.07 bits per heavy atom. The maximum atomic E-state index is 5.96. The van der Waals surface area contributed by atoms with Crippen LogP contribution in [0.4, 0.5) is 0 Å². The molecule has 2 aromatic carbocycles. The Hall–Kier alpha value is -2.44. The zero-order valence-electron chi connectivity index (χ0n) is 16.5. The standard InChI is InChI=1S/C21H26ClN3O3/c1-26-18-12-20(27-2)19(21(13-18)28-3)14-23-25-10-8-24(9-11-25)15-16-4-6-17(22)7-5-16/h4-7,12-14H,8-11,15H2,1-3H3. The molecule has 0 atom stereocenters. The van der Waals surface area contributed by atoms with Crippen LogP contribution in [0.25, 0.3) is 0 Å². The quantitative estimate of drug-likeness (QED) is 0.662. The van der Waals surface area contributed by atoms with Crippen LogP contribution in [0.2, 0.25) is 5.02 Å². The lowest BCUT2D eigenvalue weighted by Crippen LogP contribution is -2.43. The summed E-state index contributed by atoms with van der Waals surface area (Å²) in [5, 5.41) is 7.48. The van der Waals surface area contributed by atoms with Gasteiger partial charge in [0.15, 0.2) is 0 Å². The summed E-state index contributed by atoms with van der Waals surface area (Å²) in [6.07, 6.45) is 1.80. The average molecular weight is 404 g/mol. The molecule has 28 heavy (non-hydrogen) atoms. The van der Waals surface area contributed by atoms with Gasteiger partial charge in [-0.05, 0) is 17.7 Å². The van der Waals surface area contributed by atoms with Crippen LogP contribution in [0.3, 0.4) is 0 Å². The van der Waals surface area contributed by atoms with Gasteiger partial charge in [-0.1, -0.05) is 23.7 Å². The summed E-state index contributed by atoms with van der Waals surface area (Å²) >= 11 is 5.96. The summed E-state index contributed by atoms with van der Waals surface area (Å²) in [6, 6.07) is 11.7. The highest BCUT2D eigenvalue weighted by Gasteiger charge is 2.16. The van der Waals surface area contributed by atoms with Gasteiger partial charge in [0, 0.05) is 49.9 Å². The van der Waals surface area contributed by atoms with Crippen molar-refractivity contribution in [2.75, 3.05) is 47.5 Å². The van der Waals surface area contributed by atoms with Gasteiger partial charge in [-0.3, -0.25) is 9.91 Å². The minimum atomic E-state index is 0.668. The number of methoxy groups -OCH3 is 3. The molecule has 0 unspecified atom stereocenters. The van der Waals surface area contributed by atoms with Crippen molar-refractivity contribution in [1.82, 2.24) is 9.91 Å². The van der Waals surface area contributed by atoms with Gasteiger partial charge in [0.2, 0.25) is 0 Å². The fourth-order valence-electron chi connectivity index (χ4n) is 3.16. The third kappa shape index (κ3) is 5.09. The highest BCUT2D eigenvalue weighted by Crippen LogP contribution is 2.32. The molecule has 7 heteroatoms. The van der Waals surface area contributed by atoms with Gasteiger partial charge in [0.1, 0.15) is 17.2 Å². The molecule has 0 N–H and O–H groups in total. The number of hydrogen-bond donors (Lipinski definition) is 0. The Morgan fingerprint density at radius 1 is 0.929 bits per heavy atom. The summed E-state index contributed by atoms with van der Waals surface area (Å²) in [4.78, 5) is 2.42. The number of hydrogen-bond acceptors (Lipinski definition) is 6. The van der Waals surface area contributed by atoms with Crippen LogP contribution in [0.1, 0.15) is 11.1 Å². The molecule has 1 fully saturated rings. The Balaban J connectivity index is 1.61. The second-order valence-electron chi connectivity index (χ2n) is 6.55. The Morgan fingerprint density at radius 2 is 1.54 bits per heavy atom. The van der Waals surface area contributed by atoms with Crippen LogP contribution in [0.5, 0.6) is 17.2 Å². The van der Waals surface area contributed by atoms with Crippen LogP contribution in [-0.2, 0) is 6.54 Å². The van der Waals surface area contributed by atoms with E-state index in [4.69, 9.17) is 25.8 Å². The highest BCUT2D eigenvalue weighted by molar-refractivity contribution is 6.30. The number of nitrogens with zero attached hydrogens (tertiary/aromatic N) is 3. The summed E-state index contributed by atoms with van der Waals surface area (Å²) < 4.78 is 16.2. The lowest BCUT2D eigenvalue weighted by atomic mass is 10.2. The number of hydrazone groups is 1. The summed E-state index contributed by atoms with van der Waals surface area (Å²) in [7, 11) is 4.87. The second kappa shape index (κ2) is 9.66. The van der Waals surface area contributed by atoms with E-state index in [9.17, 15) is 0 Å². The Bertz CT molecular complexity index is 778. The van der Waals surface area contributed by atoms with E-state index in [1.165, 1.54) is 5.56 Å². The molecule has 0 bridgehead atoms. The van der Waals surface area contributed by atoms with Crippen LogP contribution >= 0.6 is 11.6 Å². The minimum absolute atomic E-state index is 0.668. The van der Waals surface area contributed by atoms with Gasteiger partial charge in [-0.15, -0.1) is 0 Å². The Labute approximate surface area is 171 Å². The first kappa shape index (κ1) is 20.3. The molecule has 1 heterocycles. The number of benzene rings is 2. The molecule has 150 valence electrons. The number of ether oxygens (including phenoxy) is 3. The van der Waals surface area contributed by atoms with Gasteiger partial charge < -0.3 is 14.2 Å². The van der Waals surface area contributed by atoms with Crippen LogP contribution in [0, 0.1) is 0 Å². The van der Waals surface area contributed by atoms with Gasteiger partial charge in [-0.2, -0.15) is 5.10 Å². The van der Waals surface area contributed by atoms with E-state index >= 15 is 0 Å². The molecule has 0 saturated carbocycles. The molecule has 0 radical (unpaired) electrons. The molecule has 1 aliphatic rings. The first-order valence-corrected chi connectivity index (χ1v) is 9.56. The van der Waals surface area contributed by atoms with E-state index in [1.54, 1.807) is 27.5 Å². The van der Waals surface area contributed by atoms with Gasteiger partial charge in [0.25, 0.3) is 0 Å². The van der Waals surface area contributed by atoms with E-state index in [2.05, 4.69) is 27.1 Å². The van der Waals surface area contributed by atoms with E-state index in [0.717, 1.165) is 43.3 Å². The zero-order valence-corrected chi connectivity index (χ0v) is 17.3. The van der Waals surface area contributed by atoms with Crippen molar-refractivity contribution in [3.05, 3.63) is 52.5 Å². The maximum absolute atomic E-state index is 5.96. The Kier molecular flexibility index (Phi) is 7.01. The topological polar surface area (TPSA) is 46.5 Å². The highest BCUT2D eigenvalue weighted by atomic mass is 35.5. The van der Waals surface area contributed by atoms with Crippen molar-refractivity contribution < 1.29 is 14.2 Å². The van der Waals surface area contributed by atoms with E-state index in [-0.39, 0.29) is 0 Å². The molecule has 0 aromatic heterocycles. The number of halogens is 1. The monoisotopic (exact) mass is 403 g/mol. The molecule has 1 saturated heterocycles. The summed E-state index contributed by atoms with van der Waals surface area (Å²) in [5.41, 5.74) is 2.07. The minimum Gasteiger partial charge on any atom is -0.496 e. The molecule has 0 aliphatic carbocycles. The lowest BCUT2D eigenvalue weighted by molar-refractivity contribution is 0.131. The normalized spacial score (nSPS) is 15.1. The molecule has 0 spiro atoms. The van der Waals surface area contributed by atoms with Gasteiger partial charge in [-0.25, -0.2) is 0 Å². The molecule has 2 aromatic rings. The predicted octanol–water partition coefficient (Wildman–Crippen LogP) is 3.52. The smallest absolute Gasteiger partial charge is 0.135 e. The summed E-state index contributed by atoms with van der Waals surface area (Å²) in [6.45, 7) is 4.57. The lowest BCUT2D eigenvalue weighted by Gasteiger charge is -2.33. The molecule has 1 aliphatic heterocycles. The maximum Gasteiger partial charge on any atom is 0.135 e. The fourth-order valence-corrected chi connectivity index (χ4v) is 3.28. The fraction of sp³-hybridized carbons (Fsp3) is 0.381. The van der Waals surface area contributed by atoms with Crippen molar-refractivity contribution in [3.8, 4) is 17.2 Å². The van der Waals surface area contributed by atoms with Crippen molar-refractivity contribution in [1.29, 1.82) is 0 Å². The van der Waals surface area contributed by atoms with E-state index in [1.807, 2.05) is 24.3 Å². The third-order valence-electron chi connectivity index (χ3n) is 4.77. The molecule has 3 rings (SSSR count). The van der Waals surface area contributed by atoms with Gasteiger partial charge in [0.05, 0.1) is 33.1 Å². The first-order chi connectivity index (χ1) is 13.6. The first-order valence-electron chi connectivity index (χ1n) is 9.18. The molecule has 6 nitrogen and oxygen atoms in total. The van der Waals surface area contributed by atoms with E-state index < -0.39 is 0 Å². The van der Waals surface area contributed by atoms with Crippen molar-refractivity contribution in [2.45, 2.75) is 6.54 Å². The van der Waals surface area contributed by atoms with Crippen molar-refractivity contribution >= 4 is 17.8 Å². The van der Waals surface area contributed by atoms with Crippen molar-refractivity contribution in [2.24, 2.45) is 5.10 Å². The SMILES string of the molecule is COc1cc(OC)c(C=NN2CCN(Cc3ccc(Cl)cc3)CC2)c(OC)c1. The average Bonchev–Trinajstić information content (AvgIpc) is 2.74. The predicted molar refractivity (Wildman–Crippen MR) is 112 cm³/mol. The second-order valence-corrected chi connectivity index (χ2v) is 6.98. The number of piperazine rings is 1. The number of rotatable bonds is 7. The third-order valence-corrected chi connectivity index (χ3v) is 5.02. The van der Waals surface area contributed by atoms with Crippen LogP contribution in [0.15, 0.2) is 41.5 Å². The van der Waals surface area contributed by atoms with Crippen LogP contribution < -0.4 is 14.2 Å². The summed E-state index contributed by atoms with van der Waals surface area (Å²) in [5.74, 6) is 2.02. The van der Waals surface area contributed by atoms with Crippen LogP contribution in [-0.4, -0.2) is 63.6 Å². The molecular weight excluding hydrogens is 378 g/mol. The largest absolute Gasteiger partial charge is 0.496 e.